The smallest absolute Gasteiger partial charge is 0.221 e. The Morgan fingerprint density at radius 1 is 1.35 bits per heavy atom. The van der Waals surface area contributed by atoms with E-state index in [0.29, 0.717) is 12.8 Å². The van der Waals surface area contributed by atoms with Crippen molar-refractivity contribution in [3.05, 3.63) is 29.8 Å². The average molecular weight is 252 g/mol. The van der Waals surface area contributed by atoms with Crippen LogP contribution in [0.4, 0.5) is 5.69 Å². The van der Waals surface area contributed by atoms with Crippen LogP contribution in [0, 0.1) is 0 Å². The van der Waals surface area contributed by atoms with Gasteiger partial charge in [-0.2, -0.15) is 0 Å². The lowest BCUT2D eigenvalue weighted by Gasteiger charge is -2.07. The number of carbonyl (C=O) groups is 2. The molecule has 1 amide bonds. The lowest BCUT2D eigenvalue weighted by atomic mass is 10.1. The molecule has 1 aromatic carbocycles. The molecule has 1 aromatic rings. The van der Waals surface area contributed by atoms with Gasteiger partial charge in [0.05, 0.1) is 6.04 Å². The summed E-state index contributed by atoms with van der Waals surface area (Å²) in [6, 6.07) is 6.94. The summed E-state index contributed by atoms with van der Waals surface area (Å²) in [5.74, 6) is -0.0968. The zero-order valence-corrected chi connectivity index (χ0v) is 10.5. The number of rotatable bonds is 5. The van der Waals surface area contributed by atoms with Gasteiger partial charge in [-0.05, 0) is 30.5 Å². The van der Waals surface area contributed by atoms with Crippen molar-refractivity contribution >= 4 is 29.3 Å². The van der Waals surface area contributed by atoms with Crippen LogP contribution in [0.25, 0.3) is 0 Å². The van der Waals surface area contributed by atoms with Crippen molar-refractivity contribution in [2.75, 3.05) is 5.32 Å². The number of thiol groups is 1. The molecule has 0 saturated carbocycles. The Labute approximate surface area is 106 Å². The Morgan fingerprint density at radius 2 is 1.94 bits per heavy atom. The minimum absolute atomic E-state index is 0.0968. The minimum atomic E-state index is -0.520. The predicted octanol–water partition coefficient (Wildman–Crippen LogP) is 1.36. The number of aryl methyl sites for hydroxylation is 1. The van der Waals surface area contributed by atoms with E-state index in [1.165, 1.54) is 6.92 Å². The molecular weight excluding hydrogens is 236 g/mol. The maximum Gasteiger partial charge on any atom is 0.221 e. The quantitative estimate of drug-likeness (QED) is 0.693. The Hall–Kier alpha value is -1.33. The molecule has 0 fully saturated rings. The van der Waals surface area contributed by atoms with Crippen LogP contribution in [0.2, 0.25) is 0 Å². The van der Waals surface area contributed by atoms with Crippen LogP contribution < -0.4 is 11.1 Å². The molecule has 0 aliphatic carbocycles. The van der Waals surface area contributed by atoms with Gasteiger partial charge < -0.3 is 11.1 Å². The van der Waals surface area contributed by atoms with Crippen LogP contribution in [0.1, 0.15) is 18.9 Å². The van der Waals surface area contributed by atoms with Gasteiger partial charge in [0.2, 0.25) is 11.0 Å². The van der Waals surface area contributed by atoms with Gasteiger partial charge in [-0.25, -0.2) is 0 Å². The van der Waals surface area contributed by atoms with Gasteiger partial charge in [0.25, 0.3) is 0 Å². The number of hydrogen-bond donors (Lipinski definition) is 3. The van der Waals surface area contributed by atoms with Crippen molar-refractivity contribution < 1.29 is 9.59 Å². The summed E-state index contributed by atoms with van der Waals surface area (Å²) in [5.41, 5.74) is 7.41. The molecule has 0 spiro atoms. The third-order valence-electron chi connectivity index (χ3n) is 2.34. The summed E-state index contributed by atoms with van der Waals surface area (Å²) in [5, 5.41) is 2.39. The molecule has 1 rings (SSSR count). The molecule has 0 bridgehead atoms. The molecule has 0 aromatic heterocycles. The maximum atomic E-state index is 10.8. The molecule has 3 N–H and O–H groups in total. The molecule has 5 heteroatoms. The van der Waals surface area contributed by atoms with Crippen molar-refractivity contribution in [3.8, 4) is 0 Å². The van der Waals surface area contributed by atoms with E-state index < -0.39 is 6.04 Å². The standard InChI is InChI=1S/C12H16N2O2S/c1-8(15)14-10-5-2-9(3-6-10)4-7-11(13)12(16)17/h2-3,5-6,11H,4,7,13H2,1H3,(H,14,15)(H,16,17)/t11-/m0/s1. The fraction of sp³-hybridized carbons (Fsp3) is 0.333. The number of hydrogen-bond acceptors (Lipinski definition) is 3. The van der Waals surface area contributed by atoms with E-state index in [2.05, 4.69) is 17.9 Å². The summed E-state index contributed by atoms with van der Waals surface area (Å²) >= 11 is 3.68. The van der Waals surface area contributed by atoms with Crippen molar-refractivity contribution in [3.63, 3.8) is 0 Å². The highest BCUT2D eigenvalue weighted by Crippen LogP contribution is 2.11. The first-order chi connectivity index (χ1) is 7.99. The van der Waals surface area contributed by atoms with Gasteiger partial charge in [-0.15, -0.1) is 12.6 Å². The molecule has 0 aliphatic rings. The Morgan fingerprint density at radius 3 is 2.41 bits per heavy atom. The summed E-state index contributed by atoms with van der Waals surface area (Å²) in [4.78, 5) is 21.6. The summed E-state index contributed by atoms with van der Waals surface area (Å²) in [7, 11) is 0. The minimum Gasteiger partial charge on any atom is -0.326 e. The number of nitrogens with one attached hydrogen (secondary N) is 1. The summed E-state index contributed by atoms with van der Waals surface area (Å²) in [6.07, 6.45) is 1.29. The second kappa shape index (κ2) is 6.42. The monoisotopic (exact) mass is 252 g/mol. The molecule has 0 unspecified atom stereocenters. The average Bonchev–Trinajstić information content (AvgIpc) is 2.26. The van der Waals surface area contributed by atoms with E-state index >= 15 is 0 Å². The maximum absolute atomic E-state index is 10.8. The molecular formula is C12H16N2O2S. The van der Waals surface area contributed by atoms with E-state index in [9.17, 15) is 9.59 Å². The first-order valence-electron chi connectivity index (χ1n) is 5.34. The van der Waals surface area contributed by atoms with Gasteiger partial charge in [-0.1, -0.05) is 12.1 Å². The van der Waals surface area contributed by atoms with Crippen molar-refractivity contribution in [1.29, 1.82) is 0 Å². The van der Waals surface area contributed by atoms with Crippen LogP contribution >= 0.6 is 12.6 Å². The first-order valence-corrected chi connectivity index (χ1v) is 5.78. The highest BCUT2D eigenvalue weighted by molar-refractivity contribution is 7.96. The third kappa shape index (κ3) is 5.01. The van der Waals surface area contributed by atoms with E-state index in [4.69, 9.17) is 5.73 Å². The Bertz CT molecular complexity index is 403. The van der Waals surface area contributed by atoms with Crippen LogP contribution in [-0.4, -0.2) is 17.1 Å². The number of amides is 1. The Kier molecular flexibility index (Phi) is 5.18. The topological polar surface area (TPSA) is 72.2 Å². The van der Waals surface area contributed by atoms with Crippen molar-refractivity contribution in [2.45, 2.75) is 25.8 Å². The zero-order valence-electron chi connectivity index (χ0n) is 9.64. The second-order valence-electron chi connectivity index (χ2n) is 3.86. The van der Waals surface area contributed by atoms with E-state index in [0.717, 1.165) is 11.3 Å². The number of carbonyl (C=O) groups excluding carboxylic acids is 2. The van der Waals surface area contributed by atoms with Gasteiger partial charge in [-0.3, -0.25) is 9.59 Å². The SMILES string of the molecule is CC(=O)Nc1ccc(CC[C@H](N)C(=O)S)cc1. The highest BCUT2D eigenvalue weighted by Gasteiger charge is 2.08. The second-order valence-corrected chi connectivity index (χ2v) is 4.30. The number of benzene rings is 1. The van der Waals surface area contributed by atoms with Crippen LogP contribution in [0.3, 0.4) is 0 Å². The highest BCUT2D eigenvalue weighted by atomic mass is 32.1. The molecule has 17 heavy (non-hydrogen) atoms. The number of nitrogens with two attached hydrogens (primary N) is 1. The molecule has 4 nitrogen and oxygen atoms in total. The largest absolute Gasteiger partial charge is 0.326 e. The number of anilines is 1. The van der Waals surface area contributed by atoms with Crippen LogP contribution in [0.5, 0.6) is 0 Å². The van der Waals surface area contributed by atoms with E-state index in [-0.39, 0.29) is 11.0 Å². The third-order valence-corrected chi connectivity index (χ3v) is 2.67. The molecule has 1 atom stereocenters. The predicted molar refractivity (Wildman–Crippen MR) is 71.0 cm³/mol. The van der Waals surface area contributed by atoms with E-state index in [1.807, 2.05) is 24.3 Å². The fourth-order valence-electron chi connectivity index (χ4n) is 1.40. The molecule has 0 heterocycles. The molecule has 0 saturated heterocycles. The first kappa shape index (κ1) is 13.7. The van der Waals surface area contributed by atoms with E-state index in [1.54, 1.807) is 0 Å². The van der Waals surface area contributed by atoms with Gasteiger partial charge in [0.1, 0.15) is 0 Å². The molecule has 0 radical (unpaired) electrons. The zero-order chi connectivity index (χ0) is 12.8. The summed E-state index contributed by atoms with van der Waals surface area (Å²) in [6.45, 7) is 1.46. The normalized spacial score (nSPS) is 11.9. The van der Waals surface area contributed by atoms with Gasteiger partial charge >= 0.3 is 0 Å². The lowest BCUT2D eigenvalue weighted by Crippen LogP contribution is -2.27. The van der Waals surface area contributed by atoms with Crippen LogP contribution in [0.15, 0.2) is 24.3 Å². The van der Waals surface area contributed by atoms with Crippen molar-refractivity contribution in [2.24, 2.45) is 5.73 Å². The van der Waals surface area contributed by atoms with Crippen molar-refractivity contribution in [1.82, 2.24) is 0 Å². The summed E-state index contributed by atoms with van der Waals surface area (Å²) < 4.78 is 0. The fourth-order valence-corrected chi connectivity index (χ4v) is 1.53. The Balaban J connectivity index is 2.51. The van der Waals surface area contributed by atoms with Crippen LogP contribution in [-0.2, 0) is 16.0 Å². The molecule has 92 valence electrons. The van der Waals surface area contributed by atoms with Gasteiger partial charge in [0.15, 0.2) is 0 Å². The molecule has 0 aliphatic heterocycles. The lowest BCUT2D eigenvalue weighted by molar-refractivity contribution is -0.114. The van der Waals surface area contributed by atoms with Gasteiger partial charge in [0, 0.05) is 12.6 Å².